The van der Waals surface area contributed by atoms with Gasteiger partial charge in [-0.1, -0.05) is 24.3 Å². The first kappa shape index (κ1) is 35.6. The molecule has 53 heavy (non-hydrogen) atoms. The molecule has 2 aromatic carbocycles. The predicted molar refractivity (Wildman–Crippen MR) is 203 cm³/mol. The molecule has 1 saturated heterocycles. The molecule has 0 saturated carbocycles. The summed E-state index contributed by atoms with van der Waals surface area (Å²) < 4.78 is 13.3. The first-order chi connectivity index (χ1) is 25.8. The van der Waals surface area contributed by atoms with Gasteiger partial charge in [-0.3, -0.25) is 24.5 Å². The van der Waals surface area contributed by atoms with Crippen LogP contribution in [0.1, 0.15) is 92.3 Å². The first-order valence-electron chi connectivity index (χ1n) is 18.1. The zero-order chi connectivity index (χ0) is 36.9. The number of H-pyrrole nitrogens is 1. The molecular formula is C42H43FN8O2. The van der Waals surface area contributed by atoms with Crippen LogP contribution in [0.3, 0.4) is 0 Å². The highest BCUT2D eigenvalue weighted by molar-refractivity contribution is 6.00. The van der Waals surface area contributed by atoms with Crippen molar-refractivity contribution in [1.29, 1.82) is 0 Å². The molecule has 2 amide bonds. The number of aryl methyl sites for hydroxylation is 3. The largest absolute Gasteiger partial charge is 0.351 e. The van der Waals surface area contributed by atoms with Crippen molar-refractivity contribution >= 4 is 22.8 Å². The van der Waals surface area contributed by atoms with E-state index >= 15 is 0 Å². The Labute approximate surface area is 308 Å². The minimum absolute atomic E-state index is 0.177. The normalized spacial score (nSPS) is 16.1. The number of hydrogen-bond donors (Lipinski definition) is 3. The molecule has 7 rings (SSSR count). The van der Waals surface area contributed by atoms with Gasteiger partial charge in [-0.05, 0) is 117 Å². The maximum atomic E-state index is 13.4. The summed E-state index contributed by atoms with van der Waals surface area (Å²) in [4.78, 5) is 50.3. The summed E-state index contributed by atoms with van der Waals surface area (Å²) >= 11 is 0. The number of benzene rings is 2. The fourth-order valence-corrected chi connectivity index (χ4v) is 7.42. The lowest BCUT2D eigenvalue weighted by atomic mass is 9.88. The van der Waals surface area contributed by atoms with Gasteiger partial charge in [0.05, 0.1) is 29.2 Å². The van der Waals surface area contributed by atoms with Gasteiger partial charge in [0.2, 0.25) is 0 Å². The summed E-state index contributed by atoms with van der Waals surface area (Å²) in [6.45, 7) is 7.84. The summed E-state index contributed by atoms with van der Waals surface area (Å²) in [6, 6.07) is 21.7. The molecule has 1 aliphatic rings. The molecule has 11 heteroatoms. The van der Waals surface area contributed by atoms with Crippen molar-refractivity contribution < 1.29 is 14.0 Å². The van der Waals surface area contributed by atoms with E-state index in [-0.39, 0.29) is 29.7 Å². The van der Waals surface area contributed by atoms with Crippen molar-refractivity contribution in [3.05, 3.63) is 142 Å². The maximum absolute atomic E-state index is 13.4. The molecule has 1 fully saturated rings. The molecule has 0 bridgehead atoms. The maximum Gasteiger partial charge on any atom is 0.267 e. The number of rotatable bonds is 11. The molecule has 3 N–H and O–H groups in total. The molecule has 0 radical (unpaired) electrons. The van der Waals surface area contributed by atoms with E-state index in [9.17, 15) is 14.0 Å². The monoisotopic (exact) mass is 710 g/mol. The highest BCUT2D eigenvalue weighted by atomic mass is 19.1. The SMILES string of the molecule is Cc1cc(-c2ncnc3[nH]c(C(=O)NCCCN4[C@@H](c5ncccc5C)CCC[C@H]4c4ncccc4C)cc23)ccc1CNC(=O)c1ccc(F)cc1. The van der Waals surface area contributed by atoms with Gasteiger partial charge < -0.3 is 15.6 Å². The fourth-order valence-electron chi connectivity index (χ4n) is 7.42. The van der Waals surface area contributed by atoms with Gasteiger partial charge in [0.15, 0.2) is 0 Å². The molecule has 0 unspecified atom stereocenters. The van der Waals surface area contributed by atoms with Gasteiger partial charge in [0.1, 0.15) is 23.5 Å². The second-order valence-electron chi connectivity index (χ2n) is 13.7. The Morgan fingerprint density at radius 3 is 2.17 bits per heavy atom. The topological polar surface area (TPSA) is 129 Å². The number of pyridine rings is 2. The quantitative estimate of drug-likeness (QED) is 0.119. The molecule has 1 aliphatic heterocycles. The number of nitrogens with one attached hydrogen (secondary N) is 3. The second-order valence-corrected chi connectivity index (χ2v) is 13.7. The lowest BCUT2D eigenvalue weighted by Gasteiger charge is -2.42. The molecule has 270 valence electrons. The van der Waals surface area contributed by atoms with Crippen LogP contribution in [0.2, 0.25) is 0 Å². The van der Waals surface area contributed by atoms with Crippen LogP contribution in [-0.4, -0.2) is 54.7 Å². The van der Waals surface area contributed by atoms with Crippen LogP contribution in [0.4, 0.5) is 4.39 Å². The third kappa shape index (κ3) is 7.85. The van der Waals surface area contributed by atoms with E-state index in [0.29, 0.717) is 35.7 Å². The van der Waals surface area contributed by atoms with E-state index in [1.807, 2.05) is 49.6 Å². The molecule has 0 spiro atoms. The van der Waals surface area contributed by atoms with Gasteiger partial charge in [-0.2, -0.15) is 0 Å². The Bertz CT molecular complexity index is 2200. The number of piperidine rings is 1. The summed E-state index contributed by atoms with van der Waals surface area (Å²) in [7, 11) is 0. The van der Waals surface area contributed by atoms with E-state index in [4.69, 9.17) is 9.97 Å². The number of hydrogen-bond acceptors (Lipinski definition) is 7. The van der Waals surface area contributed by atoms with E-state index in [1.54, 1.807) is 6.07 Å². The number of halogens is 1. The summed E-state index contributed by atoms with van der Waals surface area (Å²) in [6.07, 6.45) is 9.16. The minimum atomic E-state index is -0.388. The Morgan fingerprint density at radius 2 is 1.51 bits per heavy atom. The Balaban J connectivity index is 1.02. The van der Waals surface area contributed by atoms with Crippen LogP contribution in [0.15, 0.2) is 91.5 Å². The highest BCUT2D eigenvalue weighted by Gasteiger charge is 2.35. The molecule has 0 aliphatic carbocycles. The average molecular weight is 711 g/mol. The number of amides is 2. The molecule has 4 aromatic heterocycles. The minimum Gasteiger partial charge on any atom is -0.351 e. The summed E-state index contributed by atoms with van der Waals surface area (Å²) in [5, 5.41) is 6.75. The number of aromatic amines is 1. The van der Waals surface area contributed by atoms with Crippen molar-refractivity contribution in [3.8, 4) is 11.3 Å². The zero-order valence-electron chi connectivity index (χ0n) is 30.2. The summed E-state index contributed by atoms with van der Waals surface area (Å²) in [5.41, 5.74) is 9.47. The Hall–Kier alpha value is -5.81. The second kappa shape index (κ2) is 15.8. The van der Waals surface area contributed by atoms with Gasteiger partial charge in [0, 0.05) is 48.5 Å². The average Bonchev–Trinajstić information content (AvgIpc) is 3.62. The first-order valence-corrected chi connectivity index (χ1v) is 18.1. The molecule has 5 heterocycles. The smallest absolute Gasteiger partial charge is 0.267 e. The lowest BCUT2D eigenvalue weighted by Crippen LogP contribution is -2.39. The van der Waals surface area contributed by atoms with Crippen molar-refractivity contribution in [2.45, 2.75) is 65.1 Å². The number of likely N-dealkylation sites (tertiary alicyclic amines) is 1. The van der Waals surface area contributed by atoms with Crippen molar-refractivity contribution in [1.82, 2.24) is 40.5 Å². The number of carbonyl (C=O) groups is 2. The molecular weight excluding hydrogens is 668 g/mol. The van der Waals surface area contributed by atoms with E-state index in [2.05, 4.69) is 56.5 Å². The summed E-state index contributed by atoms with van der Waals surface area (Å²) in [5.74, 6) is -0.866. The highest BCUT2D eigenvalue weighted by Crippen LogP contribution is 2.42. The number of fused-ring (bicyclic) bond motifs is 1. The number of aromatic nitrogens is 5. The van der Waals surface area contributed by atoms with Gasteiger partial charge in [-0.25, -0.2) is 14.4 Å². The van der Waals surface area contributed by atoms with Crippen LogP contribution in [0, 0.1) is 26.6 Å². The Kier molecular flexibility index (Phi) is 10.6. The molecule has 6 aromatic rings. The van der Waals surface area contributed by atoms with Crippen LogP contribution in [-0.2, 0) is 6.54 Å². The lowest BCUT2D eigenvalue weighted by molar-refractivity contribution is 0.0740. The predicted octanol–water partition coefficient (Wildman–Crippen LogP) is 7.50. The third-order valence-corrected chi connectivity index (χ3v) is 10.2. The van der Waals surface area contributed by atoms with E-state index < -0.39 is 0 Å². The zero-order valence-corrected chi connectivity index (χ0v) is 30.2. The van der Waals surface area contributed by atoms with Crippen molar-refractivity contribution in [2.24, 2.45) is 0 Å². The van der Waals surface area contributed by atoms with Crippen LogP contribution < -0.4 is 10.6 Å². The van der Waals surface area contributed by atoms with Crippen LogP contribution in [0.5, 0.6) is 0 Å². The van der Waals surface area contributed by atoms with E-state index in [0.717, 1.165) is 65.7 Å². The van der Waals surface area contributed by atoms with Crippen molar-refractivity contribution in [3.63, 3.8) is 0 Å². The van der Waals surface area contributed by atoms with Crippen LogP contribution >= 0.6 is 0 Å². The van der Waals surface area contributed by atoms with Crippen LogP contribution in [0.25, 0.3) is 22.3 Å². The van der Waals surface area contributed by atoms with E-state index in [1.165, 1.54) is 41.7 Å². The third-order valence-electron chi connectivity index (χ3n) is 10.2. The number of carbonyl (C=O) groups excluding carboxylic acids is 2. The Morgan fingerprint density at radius 1 is 0.811 bits per heavy atom. The standard InChI is InChI=1S/C42H43FN8O2/c1-26-8-5-18-44-37(26)35-10-4-11-36(38-27(2)9-6-19-45-38)51(35)21-7-20-46-42(53)34-23-33-39(48-25-49-40(33)50-34)30-12-13-31(28(3)22-30)24-47-41(52)29-14-16-32(43)17-15-29/h5-6,8-9,12-19,22-23,25,35-36H,4,7,10-11,20-21,24H2,1-3H3,(H,46,53)(H,47,52)(H,48,49,50)/t35-,36+. The fraction of sp³-hybridized carbons (Fsp3) is 0.286. The van der Waals surface area contributed by atoms with Gasteiger partial charge >= 0.3 is 0 Å². The molecule has 2 atom stereocenters. The number of nitrogens with zero attached hydrogens (tertiary/aromatic N) is 5. The van der Waals surface area contributed by atoms with Crippen molar-refractivity contribution in [2.75, 3.05) is 13.1 Å². The molecule has 10 nitrogen and oxygen atoms in total. The van der Waals surface area contributed by atoms with Gasteiger partial charge in [0.25, 0.3) is 11.8 Å². The van der Waals surface area contributed by atoms with Gasteiger partial charge in [-0.15, -0.1) is 0 Å².